The number of hydrogen-bond donors (Lipinski definition) is 1. The van der Waals surface area contributed by atoms with E-state index in [-0.39, 0.29) is 0 Å². The number of nitrogens with one attached hydrogen (secondary N) is 1. The van der Waals surface area contributed by atoms with Gasteiger partial charge in [-0.15, -0.1) is 0 Å². The van der Waals surface area contributed by atoms with E-state index in [0.29, 0.717) is 0 Å². The molecule has 1 aliphatic heterocycles. The molecule has 1 saturated heterocycles. The van der Waals surface area contributed by atoms with E-state index >= 15 is 0 Å². The van der Waals surface area contributed by atoms with Crippen molar-refractivity contribution < 1.29 is 0 Å². The number of likely N-dealkylation sites (tertiary alicyclic amines) is 1. The molecule has 0 aromatic rings. The highest BCUT2D eigenvalue weighted by Crippen LogP contribution is 2.32. The number of rotatable bonds is 5. The van der Waals surface area contributed by atoms with Gasteiger partial charge in [0.05, 0.1) is 0 Å². The fourth-order valence-corrected chi connectivity index (χ4v) is 3.74. The largest absolute Gasteiger partial charge is 0.320 e. The highest BCUT2D eigenvalue weighted by atomic mass is 15.2. The average molecular weight is 238 g/mol. The van der Waals surface area contributed by atoms with Crippen molar-refractivity contribution in [1.82, 2.24) is 10.2 Å². The van der Waals surface area contributed by atoms with Crippen molar-refractivity contribution in [3.8, 4) is 0 Å². The second kappa shape index (κ2) is 6.75. The van der Waals surface area contributed by atoms with Crippen LogP contribution in [0.1, 0.15) is 51.9 Å². The minimum absolute atomic E-state index is 0.850. The summed E-state index contributed by atoms with van der Waals surface area (Å²) in [6, 6.07) is 0.850. The molecule has 17 heavy (non-hydrogen) atoms. The minimum Gasteiger partial charge on any atom is -0.320 e. The highest BCUT2D eigenvalue weighted by Gasteiger charge is 2.28. The van der Waals surface area contributed by atoms with Gasteiger partial charge in [0.15, 0.2) is 0 Å². The van der Waals surface area contributed by atoms with E-state index in [2.05, 4.69) is 24.2 Å². The van der Waals surface area contributed by atoms with Crippen LogP contribution in [-0.2, 0) is 0 Å². The highest BCUT2D eigenvalue weighted by molar-refractivity contribution is 4.83. The van der Waals surface area contributed by atoms with Crippen LogP contribution in [0.25, 0.3) is 0 Å². The molecule has 2 heteroatoms. The molecule has 2 aliphatic rings. The third kappa shape index (κ3) is 3.69. The Hall–Kier alpha value is -0.0800. The van der Waals surface area contributed by atoms with Crippen LogP contribution in [0, 0.1) is 11.8 Å². The first-order valence-corrected chi connectivity index (χ1v) is 7.70. The third-order valence-electron chi connectivity index (χ3n) is 5.11. The van der Waals surface area contributed by atoms with E-state index in [4.69, 9.17) is 0 Å². The van der Waals surface area contributed by atoms with Gasteiger partial charge in [0.25, 0.3) is 0 Å². The molecule has 100 valence electrons. The van der Waals surface area contributed by atoms with Crippen LogP contribution >= 0.6 is 0 Å². The molecule has 2 rings (SSSR count). The van der Waals surface area contributed by atoms with Crippen molar-refractivity contribution in [2.24, 2.45) is 11.8 Å². The van der Waals surface area contributed by atoms with E-state index in [0.717, 1.165) is 17.9 Å². The lowest BCUT2D eigenvalue weighted by atomic mass is 9.90. The molecule has 0 bridgehead atoms. The standard InChI is InChI=1S/C15H30N2/c1-13(15-5-3-4-6-15)17-11-8-14(9-12-17)7-10-16-2/h13-16H,3-12H2,1-2H3. The first kappa shape index (κ1) is 13.4. The van der Waals surface area contributed by atoms with Crippen LogP contribution in [-0.4, -0.2) is 37.6 Å². The lowest BCUT2D eigenvalue weighted by Gasteiger charge is -2.38. The second-order valence-corrected chi connectivity index (χ2v) is 6.16. The fourth-order valence-electron chi connectivity index (χ4n) is 3.74. The van der Waals surface area contributed by atoms with E-state index < -0.39 is 0 Å². The smallest absolute Gasteiger partial charge is 0.00951 e. The van der Waals surface area contributed by atoms with E-state index in [9.17, 15) is 0 Å². The summed E-state index contributed by atoms with van der Waals surface area (Å²) in [6.45, 7) is 6.38. The van der Waals surface area contributed by atoms with Gasteiger partial charge in [0.2, 0.25) is 0 Å². The van der Waals surface area contributed by atoms with Gasteiger partial charge in [-0.2, -0.15) is 0 Å². The quantitative estimate of drug-likeness (QED) is 0.792. The van der Waals surface area contributed by atoms with Crippen LogP contribution in [0.3, 0.4) is 0 Å². The van der Waals surface area contributed by atoms with Gasteiger partial charge in [-0.05, 0) is 77.5 Å². The maximum atomic E-state index is 3.28. The predicted octanol–water partition coefficient (Wildman–Crippen LogP) is 2.89. The van der Waals surface area contributed by atoms with Gasteiger partial charge >= 0.3 is 0 Å². The Morgan fingerprint density at radius 2 is 1.76 bits per heavy atom. The summed E-state index contributed by atoms with van der Waals surface area (Å²) < 4.78 is 0. The van der Waals surface area contributed by atoms with Crippen LogP contribution in [0.2, 0.25) is 0 Å². The molecule has 1 saturated carbocycles. The summed E-state index contributed by atoms with van der Waals surface area (Å²) in [5.74, 6) is 1.98. The molecule has 1 atom stereocenters. The van der Waals surface area contributed by atoms with E-state index in [1.165, 1.54) is 64.6 Å². The maximum absolute atomic E-state index is 3.28. The Labute approximate surface area is 107 Å². The zero-order valence-electron chi connectivity index (χ0n) is 11.8. The monoisotopic (exact) mass is 238 g/mol. The van der Waals surface area contributed by atoms with E-state index in [1.54, 1.807) is 0 Å². The lowest BCUT2D eigenvalue weighted by molar-refractivity contribution is 0.104. The van der Waals surface area contributed by atoms with Gasteiger partial charge in [-0.3, -0.25) is 0 Å². The topological polar surface area (TPSA) is 15.3 Å². The molecule has 1 aliphatic carbocycles. The number of hydrogen-bond acceptors (Lipinski definition) is 2. The molecular weight excluding hydrogens is 208 g/mol. The Morgan fingerprint density at radius 1 is 1.12 bits per heavy atom. The van der Waals surface area contributed by atoms with Crippen molar-refractivity contribution in [3.05, 3.63) is 0 Å². The van der Waals surface area contributed by atoms with Gasteiger partial charge < -0.3 is 10.2 Å². The van der Waals surface area contributed by atoms with Gasteiger partial charge in [-0.1, -0.05) is 12.8 Å². The summed E-state index contributed by atoms with van der Waals surface area (Å²) in [7, 11) is 2.07. The molecular formula is C15H30N2. The molecule has 0 spiro atoms. The van der Waals surface area contributed by atoms with E-state index in [1.807, 2.05) is 0 Å². The fraction of sp³-hybridized carbons (Fsp3) is 1.00. The molecule has 0 amide bonds. The molecule has 0 radical (unpaired) electrons. The zero-order chi connectivity index (χ0) is 12.1. The minimum atomic E-state index is 0.850. The average Bonchev–Trinajstić information content (AvgIpc) is 2.90. The molecule has 0 aromatic carbocycles. The molecule has 0 aromatic heterocycles. The summed E-state index contributed by atoms with van der Waals surface area (Å²) in [5.41, 5.74) is 0. The van der Waals surface area contributed by atoms with Crippen LogP contribution < -0.4 is 5.32 Å². The van der Waals surface area contributed by atoms with Gasteiger partial charge in [0, 0.05) is 6.04 Å². The second-order valence-electron chi connectivity index (χ2n) is 6.16. The van der Waals surface area contributed by atoms with Gasteiger partial charge in [-0.25, -0.2) is 0 Å². The van der Waals surface area contributed by atoms with Crippen molar-refractivity contribution in [2.75, 3.05) is 26.7 Å². The van der Waals surface area contributed by atoms with Crippen LogP contribution in [0.15, 0.2) is 0 Å². The van der Waals surface area contributed by atoms with Crippen molar-refractivity contribution in [2.45, 2.75) is 57.9 Å². The lowest BCUT2D eigenvalue weighted by Crippen LogP contribution is -2.43. The predicted molar refractivity (Wildman–Crippen MR) is 74.3 cm³/mol. The Bertz CT molecular complexity index is 203. The molecule has 2 nitrogen and oxygen atoms in total. The third-order valence-corrected chi connectivity index (χ3v) is 5.11. The number of piperidine rings is 1. The van der Waals surface area contributed by atoms with Crippen molar-refractivity contribution in [1.29, 1.82) is 0 Å². The van der Waals surface area contributed by atoms with Crippen molar-refractivity contribution >= 4 is 0 Å². The Kier molecular flexibility index (Phi) is 5.30. The molecule has 1 N–H and O–H groups in total. The maximum Gasteiger partial charge on any atom is 0.00951 e. The summed E-state index contributed by atoms with van der Waals surface area (Å²) >= 11 is 0. The normalized spacial score (nSPS) is 26.5. The van der Waals surface area contributed by atoms with Crippen LogP contribution in [0.5, 0.6) is 0 Å². The number of nitrogens with zero attached hydrogens (tertiary/aromatic N) is 1. The van der Waals surface area contributed by atoms with Crippen molar-refractivity contribution in [3.63, 3.8) is 0 Å². The summed E-state index contributed by atoms with van der Waals surface area (Å²) in [5, 5.41) is 3.28. The van der Waals surface area contributed by atoms with Gasteiger partial charge in [0.1, 0.15) is 0 Å². The molecule has 1 heterocycles. The molecule has 1 unspecified atom stereocenters. The Balaban J connectivity index is 1.70. The first-order valence-electron chi connectivity index (χ1n) is 7.70. The summed E-state index contributed by atoms with van der Waals surface area (Å²) in [4.78, 5) is 2.77. The molecule has 2 fully saturated rings. The van der Waals surface area contributed by atoms with Crippen LogP contribution in [0.4, 0.5) is 0 Å². The SMILES string of the molecule is CNCCC1CCN(C(C)C2CCCC2)CC1. The zero-order valence-corrected chi connectivity index (χ0v) is 11.8. The first-order chi connectivity index (χ1) is 8.31. The summed E-state index contributed by atoms with van der Waals surface area (Å²) in [6.07, 6.45) is 10.2. The Morgan fingerprint density at radius 3 is 2.35 bits per heavy atom.